The molecular formula is C14H20N4O. The highest BCUT2D eigenvalue weighted by Gasteiger charge is 2.19. The van der Waals surface area contributed by atoms with Crippen LogP contribution < -0.4 is 5.32 Å². The van der Waals surface area contributed by atoms with Crippen LogP contribution in [0.5, 0.6) is 0 Å². The summed E-state index contributed by atoms with van der Waals surface area (Å²) in [6, 6.07) is 2.56. The Balaban J connectivity index is 1.80. The molecule has 5 heteroatoms. The number of aliphatic hydroxyl groups is 1. The van der Waals surface area contributed by atoms with E-state index < -0.39 is 0 Å². The summed E-state index contributed by atoms with van der Waals surface area (Å²) in [5.41, 5.74) is 2.97. The molecule has 2 aromatic rings. The van der Waals surface area contributed by atoms with Gasteiger partial charge in [-0.2, -0.15) is 5.10 Å². The second kappa shape index (κ2) is 4.81. The minimum absolute atomic E-state index is 0.112. The van der Waals surface area contributed by atoms with E-state index in [9.17, 15) is 5.11 Å². The molecule has 0 aliphatic heterocycles. The highest BCUT2D eigenvalue weighted by Crippen LogP contribution is 2.24. The largest absolute Gasteiger partial charge is 0.393 e. The average molecular weight is 260 g/mol. The first-order valence-electron chi connectivity index (χ1n) is 6.87. The molecule has 1 fully saturated rings. The Morgan fingerprint density at radius 1 is 1.32 bits per heavy atom. The van der Waals surface area contributed by atoms with Gasteiger partial charge in [0.05, 0.1) is 23.7 Å². The number of aryl methyl sites for hydroxylation is 2. The SMILES string of the molecule is Cc1nn(C)c2ncc(NC3CCC(O)CC3)cc12. The van der Waals surface area contributed by atoms with E-state index in [-0.39, 0.29) is 6.10 Å². The van der Waals surface area contributed by atoms with Crippen molar-refractivity contribution in [1.29, 1.82) is 0 Å². The Bertz CT molecular complexity index is 584. The summed E-state index contributed by atoms with van der Waals surface area (Å²) in [4.78, 5) is 4.47. The van der Waals surface area contributed by atoms with Crippen molar-refractivity contribution < 1.29 is 5.11 Å². The Kier molecular flexibility index (Phi) is 3.14. The van der Waals surface area contributed by atoms with Crippen LogP contribution in [0.2, 0.25) is 0 Å². The second-order valence-corrected chi connectivity index (χ2v) is 5.45. The van der Waals surface area contributed by atoms with Gasteiger partial charge >= 0.3 is 0 Å². The lowest BCUT2D eigenvalue weighted by atomic mass is 9.93. The van der Waals surface area contributed by atoms with Gasteiger partial charge in [-0.05, 0) is 38.7 Å². The fourth-order valence-electron chi connectivity index (χ4n) is 2.84. The van der Waals surface area contributed by atoms with Crippen molar-refractivity contribution in [1.82, 2.24) is 14.8 Å². The molecule has 2 heterocycles. The summed E-state index contributed by atoms with van der Waals surface area (Å²) in [6.45, 7) is 2.00. The van der Waals surface area contributed by atoms with Crippen LogP contribution in [0, 0.1) is 6.92 Å². The van der Waals surface area contributed by atoms with Gasteiger partial charge in [-0.3, -0.25) is 4.68 Å². The molecule has 2 aromatic heterocycles. The fourth-order valence-corrected chi connectivity index (χ4v) is 2.84. The number of hydrogen-bond donors (Lipinski definition) is 2. The number of aromatic nitrogens is 3. The Labute approximate surface area is 112 Å². The van der Waals surface area contributed by atoms with E-state index in [1.54, 1.807) is 0 Å². The summed E-state index contributed by atoms with van der Waals surface area (Å²) < 4.78 is 1.81. The lowest BCUT2D eigenvalue weighted by Gasteiger charge is -2.26. The Morgan fingerprint density at radius 3 is 2.79 bits per heavy atom. The molecule has 1 aliphatic carbocycles. The smallest absolute Gasteiger partial charge is 0.157 e. The van der Waals surface area contributed by atoms with Crippen molar-refractivity contribution in [3.63, 3.8) is 0 Å². The number of nitrogens with one attached hydrogen (secondary N) is 1. The molecule has 19 heavy (non-hydrogen) atoms. The maximum absolute atomic E-state index is 9.52. The summed E-state index contributed by atoms with van der Waals surface area (Å²) >= 11 is 0. The molecule has 0 bridgehead atoms. The lowest BCUT2D eigenvalue weighted by molar-refractivity contribution is 0.126. The first-order valence-corrected chi connectivity index (χ1v) is 6.87. The van der Waals surface area contributed by atoms with Gasteiger partial charge in [0.25, 0.3) is 0 Å². The third-order valence-corrected chi connectivity index (χ3v) is 3.93. The maximum Gasteiger partial charge on any atom is 0.157 e. The van der Waals surface area contributed by atoms with Gasteiger partial charge in [-0.25, -0.2) is 4.98 Å². The van der Waals surface area contributed by atoms with Crippen LogP contribution in [0.15, 0.2) is 12.3 Å². The van der Waals surface area contributed by atoms with Gasteiger partial charge in [0.15, 0.2) is 5.65 Å². The first kappa shape index (κ1) is 12.4. The minimum Gasteiger partial charge on any atom is -0.393 e. The monoisotopic (exact) mass is 260 g/mol. The van der Waals surface area contributed by atoms with Crippen molar-refractivity contribution in [2.45, 2.75) is 44.8 Å². The number of hydrogen-bond acceptors (Lipinski definition) is 4. The normalized spacial score (nSPS) is 23.7. The maximum atomic E-state index is 9.52. The van der Waals surface area contributed by atoms with E-state index in [0.29, 0.717) is 6.04 Å². The average Bonchev–Trinajstić information content (AvgIpc) is 2.68. The van der Waals surface area contributed by atoms with Crippen LogP contribution in [0.3, 0.4) is 0 Å². The quantitative estimate of drug-likeness (QED) is 0.867. The summed E-state index contributed by atoms with van der Waals surface area (Å²) in [7, 11) is 1.91. The third kappa shape index (κ3) is 2.42. The van der Waals surface area contributed by atoms with Crippen molar-refractivity contribution in [2.75, 3.05) is 5.32 Å². The molecule has 0 saturated heterocycles. The molecule has 0 amide bonds. The van der Waals surface area contributed by atoms with Crippen LogP contribution in [-0.4, -0.2) is 32.0 Å². The van der Waals surface area contributed by atoms with Gasteiger partial charge in [-0.1, -0.05) is 0 Å². The molecule has 1 saturated carbocycles. The standard InChI is InChI=1S/C14H20N4O/c1-9-13-7-11(8-15-14(13)18(2)17-9)16-10-3-5-12(19)6-4-10/h7-8,10,12,16,19H,3-6H2,1-2H3. The van der Waals surface area contributed by atoms with Crippen molar-refractivity contribution in [2.24, 2.45) is 7.05 Å². The predicted molar refractivity (Wildman–Crippen MR) is 75.1 cm³/mol. The van der Waals surface area contributed by atoms with Gasteiger partial charge in [-0.15, -0.1) is 0 Å². The first-order chi connectivity index (χ1) is 9.13. The number of fused-ring (bicyclic) bond motifs is 1. The Morgan fingerprint density at radius 2 is 2.05 bits per heavy atom. The summed E-state index contributed by atoms with van der Waals surface area (Å²) in [5, 5.41) is 18.5. The van der Waals surface area contributed by atoms with Gasteiger partial charge in [0.2, 0.25) is 0 Å². The Hall–Kier alpha value is -1.62. The predicted octanol–water partition coefficient (Wildman–Crippen LogP) is 1.99. The van der Waals surface area contributed by atoms with Crippen molar-refractivity contribution >= 4 is 16.7 Å². The highest BCUT2D eigenvalue weighted by atomic mass is 16.3. The molecule has 0 spiro atoms. The van der Waals surface area contributed by atoms with Gasteiger partial charge in [0.1, 0.15) is 0 Å². The zero-order chi connectivity index (χ0) is 13.4. The summed E-state index contributed by atoms with van der Waals surface area (Å²) in [6.07, 6.45) is 5.57. The highest BCUT2D eigenvalue weighted by molar-refractivity contribution is 5.81. The second-order valence-electron chi connectivity index (χ2n) is 5.45. The molecular weight excluding hydrogens is 240 g/mol. The van der Waals surface area contributed by atoms with E-state index in [1.807, 2.05) is 24.9 Å². The number of aliphatic hydroxyl groups excluding tert-OH is 1. The van der Waals surface area contributed by atoms with Crippen LogP contribution in [0.25, 0.3) is 11.0 Å². The number of rotatable bonds is 2. The molecule has 102 valence electrons. The van der Waals surface area contributed by atoms with Crippen LogP contribution in [-0.2, 0) is 7.05 Å². The van der Waals surface area contributed by atoms with Crippen molar-refractivity contribution in [3.8, 4) is 0 Å². The van der Waals surface area contributed by atoms with Crippen LogP contribution in [0.1, 0.15) is 31.4 Å². The summed E-state index contributed by atoms with van der Waals surface area (Å²) in [5.74, 6) is 0. The number of pyridine rings is 1. The molecule has 3 rings (SSSR count). The van der Waals surface area contributed by atoms with Gasteiger partial charge < -0.3 is 10.4 Å². The van der Waals surface area contributed by atoms with E-state index in [0.717, 1.165) is 48.1 Å². The van der Waals surface area contributed by atoms with E-state index >= 15 is 0 Å². The molecule has 0 unspecified atom stereocenters. The van der Waals surface area contributed by atoms with E-state index in [4.69, 9.17) is 0 Å². The third-order valence-electron chi connectivity index (χ3n) is 3.93. The minimum atomic E-state index is -0.112. The number of nitrogens with zero attached hydrogens (tertiary/aromatic N) is 3. The lowest BCUT2D eigenvalue weighted by Crippen LogP contribution is -2.28. The fraction of sp³-hybridized carbons (Fsp3) is 0.571. The zero-order valence-corrected chi connectivity index (χ0v) is 11.4. The molecule has 1 aliphatic rings. The molecule has 5 nitrogen and oxygen atoms in total. The molecule has 0 atom stereocenters. The number of anilines is 1. The van der Waals surface area contributed by atoms with E-state index in [1.165, 1.54) is 0 Å². The molecule has 0 aromatic carbocycles. The topological polar surface area (TPSA) is 63.0 Å². The molecule has 0 radical (unpaired) electrons. The zero-order valence-electron chi connectivity index (χ0n) is 11.4. The molecule has 2 N–H and O–H groups in total. The van der Waals surface area contributed by atoms with Crippen LogP contribution >= 0.6 is 0 Å². The van der Waals surface area contributed by atoms with Crippen molar-refractivity contribution in [3.05, 3.63) is 18.0 Å². The van der Waals surface area contributed by atoms with E-state index in [2.05, 4.69) is 21.5 Å². The van der Waals surface area contributed by atoms with Gasteiger partial charge in [0, 0.05) is 18.5 Å². The van der Waals surface area contributed by atoms with Crippen LogP contribution in [0.4, 0.5) is 5.69 Å².